The van der Waals surface area contributed by atoms with E-state index in [1.807, 2.05) is 6.07 Å². The first-order valence-electron chi connectivity index (χ1n) is 5.45. The number of hydrogen-bond acceptors (Lipinski definition) is 4. The molecule has 2 rings (SSSR count). The molecule has 2 heterocycles. The third kappa shape index (κ3) is 3.04. The van der Waals surface area contributed by atoms with Gasteiger partial charge in [-0.3, -0.25) is 4.79 Å². The summed E-state index contributed by atoms with van der Waals surface area (Å²) in [5.41, 5.74) is 5.78. The van der Waals surface area contributed by atoms with Crippen molar-refractivity contribution in [3.05, 3.63) is 21.9 Å². The van der Waals surface area contributed by atoms with Crippen molar-refractivity contribution in [3.8, 4) is 0 Å². The average molecular weight is 240 g/mol. The van der Waals surface area contributed by atoms with Crippen molar-refractivity contribution in [3.63, 3.8) is 0 Å². The monoisotopic (exact) mass is 240 g/mol. The molecule has 1 unspecified atom stereocenters. The van der Waals surface area contributed by atoms with Gasteiger partial charge in [-0.05, 0) is 18.9 Å². The molecule has 1 fully saturated rings. The molecule has 1 amide bonds. The fraction of sp³-hybridized carbons (Fsp3) is 0.545. The number of amides is 1. The Morgan fingerprint density at radius 3 is 3.19 bits per heavy atom. The van der Waals surface area contributed by atoms with Gasteiger partial charge in [-0.15, -0.1) is 11.3 Å². The molecule has 1 aromatic heterocycles. The molecular weight excluding hydrogens is 224 g/mol. The average Bonchev–Trinajstić information content (AvgIpc) is 2.87. The number of hydrogen-bond donors (Lipinski definition) is 2. The van der Waals surface area contributed by atoms with Crippen molar-refractivity contribution in [2.45, 2.75) is 25.5 Å². The zero-order valence-electron chi connectivity index (χ0n) is 9.07. The number of thiophene rings is 1. The van der Waals surface area contributed by atoms with Crippen molar-refractivity contribution in [2.24, 2.45) is 5.73 Å². The molecule has 0 aromatic carbocycles. The van der Waals surface area contributed by atoms with Gasteiger partial charge in [0.15, 0.2) is 0 Å². The Morgan fingerprint density at radius 2 is 2.56 bits per heavy atom. The van der Waals surface area contributed by atoms with E-state index in [-0.39, 0.29) is 5.91 Å². The summed E-state index contributed by atoms with van der Waals surface area (Å²) in [6.45, 7) is 2.54. The third-order valence-electron chi connectivity index (χ3n) is 2.63. The van der Waals surface area contributed by atoms with Crippen LogP contribution < -0.4 is 11.1 Å². The summed E-state index contributed by atoms with van der Waals surface area (Å²) >= 11 is 1.56. The maximum atomic E-state index is 10.9. The van der Waals surface area contributed by atoms with Crippen molar-refractivity contribution in [1.82, 2.24) is 5.32 Å². The molecule has 5 heteroatoms. The topological polar surface area (TPSA) is 64.4 Å². The zero-order valence-corrected chi connectivity index (χ0v) is 9.89. The molecule has 1 aliphatic rings. The highest BCUT2D eigenvalue weighted by Gasteiger charge is 2.14. The standard InChI is InChI=1S/C11H16N2O2S/c12-11(14)8-4-10(16-7-8)6-13-5-9-2-1-3-15-9/h4,7,9,13H,1-3,5-6H2,(H2,12,14). The quantitative estimate of drug-likeness (QED) is 0.810. The van der Waals surface area contributed by atoms with Crippen molar-refractivity contribution >= 4 is 17.2 Å². The highest BCUT2D eigenvalue weighted by atomic mass is 32.1. The molecule has 0 aliphatic carbocycles. The normalized spacial score (nSPS) is 20.1. The number of carbonyl (C=O) groups excluding carboxylic acids is 1. The number of nitrogens with two attached hydrogens (primary N) is 1. The summed E-state index contributed by atoms with van der Waals surface area (Å²) in [5.74, 6) is -0.360. The number of primary amides is 1. The Hall–Kier alpha value is -0.910. The van der Waals surface area contributed by atoms with Crippen LogP contribution in [0.5, 0.6) is 0 Å². The Balaban J connectivity index is 1.74. The summed E-state index contributed by atoms with van der Waals surface area (Å²) in [7, 11) is 0. The predicted molar refractivity (Wildman–Crippen MR) is 63.5 cm³/mol. The Kier molecular flexibility index (Phi) is 3.93. The van der Waals surface area contributed by atoms with E-state index >= 15 is 0 Å². The molecule has 0 radical (unpaired) electrons. The number of carbonyl (C=O) groups is 1. The zero-order chi connectivity index (χ0) is 11.4. The first-order chi connectivity index (χ1) is 7.75. The van der Waals surface area contributed by atoms with E-state index in [4.69, 9.17) is 10.5 Å². The minimum absolute atomic E-state index is 0.357. The van der Waals surface area contributed by atoms with Gasteiger partial charge in [-0.25, -0.2) is 0 Å². The molecule has 1 atom stereocenters. The van der Waals surface area contributed by atoms with Gasteiger partial charge in [-0.1, -0.05) is 0 Å². The lowest BCUT2D eigenvalue weighted by Gasteiger charge is -2.09. The molecule has 1 aromatic rings. The van der Waals surface area contributed by atoms with E-state index in [0.29, 0.717) is 11.7 Å². The van der Waals surface area contributed by atoms with Crippen molar-refractivity contribution in [1.29, 1.82) is 0 Å². The molecule has 16 heavy (non-hydrogen) atoms. The van der Waals surface area contributed by atoms with Crippen molar-refractivity contribution in [2.75, 3.05) is 13.2 Å². The second-order valence-corrected chi connectivity index (χ2v) is 4.93. The Labute approximate surface area is 98.8 Å². The summed E-state index contributed by atoms with van der Waals surface area (Å²) in [5, 5.41) is 5.13. The molecule has 0 bridgehead atoms. The summed E-state index contributed by atoms with van der Waals surface area (Å²) < 4.78 is 5.50. The van der Waals surface area contributed by atoms with Gasteiger partial charge in [0, 0.05) is 30.0 Å². The van der Waals surface area contributed by atoms with Crippen LogP contribution in [0.1, 0.15) is 28.1 Å². The molecule has 0 spiro atoms. The van der Waals surface area contributed by atoms with Gasteiger partial charge < -0.3 is 15.8 Å². The molecule has 88 valence electrons. The van der Waals surface area contributed by atoms with Gasteiger partial charge in [0.05, 0.1) is 11.7 Å². The Morgan fingerprint density at radius 1 is 1.69 bits per heavy atom. The lowest BCUT2D eigenvalue weighted by molar-refractivity contribution is 0.100. The third-order valence-corrected chi connectivity index (χ3v) is 3.57. The van der Waals surface area contributed by atoms with Crippen LogP contribution in [-0.4, -0.2) is 25.2 Å². The van der Waals surface area contributed by atoms with Gasteiger partial charge in [0.2, 0.25) is 5.91 Å². The van der Waals surface area contributed by atoms with E-state index in [2.05, 4.69) is 5.32 Å². The van der Waals surface area contributed by atoms with E-state index in [9.17, 15) is 4.79 Å². The van der Waals surface area contributed by atoms with Gasteiger partial charge in [-0.2, -0.15) is 0 Å². The van der Waals surface area contributed by atoms with Crippen molar-refractivity contribution < 1.29 is 9.53 Å². The molecule has 1 aliphatic heterocycles. The predicted octanol–water partition coefficient (Wildman–Crippen LogP) is 1.12. The smallest absolute Gasteiger partial charge is 0.249 e. The van der Waals surface area contributed by atoms with Crippen LogP contribution >= 0.6 is 11.3 Å². The van der Waals surface area contributed by atoms with Crippen LogP contribution in [0.2, 0.25) is 0 Å². The molecule has 4 nitrogen and oxygen atoms in total. The molecule has 3 N–H and O–H groups in total. The minimum Gasteiger partial charge on any atom is -0.377 e. The Bertz CT molecular complexity index is 359. The van der Waals surface area contributed by atoms with E-state index in [0.717, 1.165) is 37.4 Å². The summed E-state index contributed by atoms with van der Waals surface area (Å²) in [4.78, 5) is 12.0. The first-order valence-corrected chi connectivity index (χ1v) is 6.33. The molecule has 0 saturated carbocycles. The first kappa shape index (κ1) is 11.6. The lowest BCUT2D eigenvalue weighted by Crippen LogP contribution is -2.25. The fourth-order valence-corrected chi connectivity index (χ4v) is 2.61. The summed E-state index contributed by atoms with van der Waals surface area (Å²) in [6, 6.07) is 1.84. The van der Waals surface area contributed by atoms with Crippen LogP contribution in [0.3, 0.4) is 0 Å². The van der Waals surface area contributed by atoms with Crippen LogP contribution in [0.4, 0.5) is 0 Å². The number of nitrogens with one attached hydrogen (secondary N) is 1. The van der Waals surface area contributed by atoms with Crippen LogP contribution in [-0.2, 0) is 11.3 Å². The molecule has 1 saturated heterocycles. The highest BCUT2D eigenvalue weighted by molar-refractivity contribution is 7.10. The molecular formula is C11H16N2O2S. The maximum Gasteiger partial charge on any atom is 0.249 e. The largest absolute Gasteiger partial charge is 0.377 e. The van der Waals surface area contributed by atoms with E-state index < -0.39 is 0 Å². The van der Waals surface area contributed by atoms with Gasteiger partial charge in [0.25, 0.3) is 0 Å². The maximum absolute atomic E-state index is 10.9. The highest BCUT2D eigenvalue weighted by Crippen LogP contribution is 2.15. The minimum atomic E-state index is -0.360. The number of ether oxygens (including phenoxy) is 1. The van der Waals surface area contributed by atoms with Crippen LogP contribution in [0.25, 0.3) is 0 Å². The summed E-state index contributed by atoms with van der Waals surface area (Å²) in [6.07, 6.45) is 2.66. The fourth-order valence-electron chi connectivity index (χ4n) is 1.76. The van der Waals surface area contributed by atoms with Gasteiger partial charge >= 0.3 is 0 Å². The van der Waals surface area contributed by atoms with E-state index in [1.165, 1.54) is 0 Å². The number of rotatable bonds is 5. The second-order valence-electron chi connectivity index (χ2n) is 3.93. The SMILES string of the molecule is NC(=O)c1csc(CNCC2CCCO2)c1. The second kappa shape index (κ2) is 5.43. The van der Waals surface area contributed by atoms with Gasteiger partial charge in [0.1, 0.15) is 0 Å². The van der Waals surface area contributed by atoms with Crippen LogP contribution in [0, 0.1) is 0 Å². The van der Waals surface area contributed by atoms with E-state index in [1.54, 1.807) is 16.7 Å². The van der Waals surface area contributed by atoms with Crippen LogP contribution in [0.15, 0.2) is 11.4 Å². The lowest BCUT2D eigenvalue weighted by atomic mass is 10.2.